The number of rotatable bonds is 2. The third-order valence-electron chi connectivity index (χ3n) is 2.22. The molecule has 1 aliphatic heterocycles. The second-order valence-electron chi connectivity index (χ2n) is 3.51. The van der Waals surface area contributed by atoms with Crippen LogP contribution in [0.5, 0.6) is 0 Å². The van der Waals surface area contributed by atoms with Gasteiger partial charge in [0.05, 0.1) is 19.4 Å². The van der Waals surface area contributed by atoms with E-state index in [1.165, 1.54) is 0 Å². The molecule has 16 heavy (non-hydrogen) atoms. The summed E-state index contributed by atoms with van der Waals surface area (Å²) >= 11 is 0. The largest absolute Gasteiger partial charge is 0.364 e. The molecule has 1 aromatic rings. The Morgan fingerprint density at radius 3 is 2.62 bits per heavy atom. The zero-order chi connectivity index (χ0) is 11.9. The number of aromatic nitrogens is 2. The van der Waals surface area contributed by atoms with Gasteiger partial charge in [0.1, 0.15) is 5.69 Å². The van der Waals surface area contributed by atoms with E-state index in [0.717, 1.165) is 11.2 Å². The second-order valence-corrected chi connectivity index (χ2v) is 3.51. The lowest BCUT2D eigenvalue weighted by Gasteiger charge is -2.38. The highest BCUT2D eigenvalue weighted by Crippen LogP contribution is 2.27. The highest BCUT2D eigenvalue weighted by molar-refractivity contribution is 6.04. The van der Waals surface area contributed by atoms with Crippen LogP contribution < -0.4 is 5.73 Å². The number of hydrogen-bond donors (Lipinski definition) is 2. The summed E-state index contributed by atoms with van der Waals surface area (Å²) in [6.45, 7) is -1.30. The summed E-state index contributed by atoms with van der Waals surface area (Å²) in [6.07, 6.45) is 1.12. The van der Waals surface area contributed by atoms with E-state index in [1.807, 2.05) is 0 Å². The molecule has 2 amide bonds. The molecule has 0 bridgehead atoms. The Bertz CT molecular complexity index is 449. The first-order valence-electron chi connectivity index (χ1n) is 4.41. The number of carbonyl (C=O) groups is 2. The van der Waals surface area contributed by atoms with Gasteiger partial charge in [0.2, 0.25) is 0 Å². The van der Waals surface area contributed by atoms with E-state index >= 15 is 0 Å². The van der Waals surface area contributed by atoms with Crippen molar-refractivity contribution in [3.8, 4) is 0 Å². The number of nitrogens with two attached hydrogens (primary N) is 1. The summed E-state index contributed by atoms with van der Waals surface area (Å²) in [7, 11) is 0. The molecule has 0 aromatic carbocycles. The van der Waals surface area contributed by atoms with Crippen LogP contribution in [-0.2, 0) is 0 Å². The third kappa shape index (κ3) is 1.62. The number of H-pyrrole nitrogens is 1. The number of hydrogen-bond acceptors (Lipinski definition) is 3. The molecule has 3 N–H and O–H groups in total. The van der Waals surface area contributed by atoms with Crippen molar-refractivity contribution in [2.45, 2.75) is 5.92 Å². The van der Waals surface area contributed by atoms with Crippen LogP contribution in [0.3, 0.4) is 0 Å². The lowest BCUT2D eigenvalue weighted by Crippen LogP contribution is -2.58. The molecule has 0 saturated carbocycles. The van der Waals surface area contributed by atoms with Crippen molar-refractivity contribution >= 4 is 11.8 Å². The van der Waals surface area contributed by atoms with Crippen LogP contribution in [0.15, 0.2) is 6.33 Å². The van der Waals surface area contributed by atoms with Gasteiger partial charge in [0, 0.05) is 0 Å². The lowest BCUT2D eigenvalue weighted by molar-refractivity contribution is -0.113. The Hall–Kier alpha value is -1.99. The van der Waals surface area contributed by atoms with Crippen molar-refractivity contribution in [1.29, 1.82) is 0 Å². The zero-order valence-corrected chi connectivity index (χ0v) is 8.04. The molecule has 2 heterocycles. The van der Waals surface area contributed by atoms with Gasteiger partial charge in [-0.05, 0) is 0 Å². The number of alkyl halides is 2. The Morgan fingerprint density at radius 2 is 2.12 bits per heavy atom. The van der Waals surface area contributed by atoms with Crippen LogP contribution >= 0.6 is 0 Å². The minimum absolute atomic E-state index is 0.150. The SMILES string of the molecule is NC(=O)c1nc[nH]c1C(=O)N1CC(F)(F)C1. The number of aromatic amines is 1. The third-order valence-corrected chi connectivity index (χ3v) is 2.22. The van der Waals surface area contributed by atoms with Crippen LogP contribution in [0.2, 0.25) is 0 Å². The number of amides is 2. The molecule has 0 aliphatic carbocycles. The molecule has 0 radical (unpaired) electrons. The number of likely N-dealkylation sites (tertiary alicyclic amines) is 1. The maximum absolute atomic E-state index is 12.5. The number of imidazole rings is 1. The van der Waals surface area contributed by atoms with E-state index < -0.39 is 30.8 Å². The first kappa shape index (κ1) is 10.5. The summed E-state index contributed by atoms with van der Waals surface area (Å²) in [4.78, 5) is 29.4. The number of nitrogens with one attached hydrogen (secondary N) is 1. The van der Waals surface area contributed by atoms with Gasteiger partial charge in [-0.1, -0.05) is 0 Å². The van der Waals surface area contributed by atoms with E-state index in [2.05, 4.69) is 9.97 Å². The molecular formula is C8H8F2N4O2. The van der Waals surface area contributed by atoms with Crippen molar-refractivity contribution in [3.63, 3.8) is 0 Å². The molecule has 8 heteroatoms. The van der Waals surface area contributed by atoms with Crippen molar-refractivity contribution in [2.24, 2.45) is 5.73 Å². The molecule has 0 atom stereocenters. The zero-order valence-electron chi connectivity index (χ0n) is 8.04. The van der Waals surface area contributed by atoms with Gasteiger partial charge in [-0.25, -0.2) is 13.8 Å². The molecule has 0 unspecified atom stereocenters. The van der Waals surface area contributed by atoms with Crippen molar-refractivity contribution in [2.75, 3.05) is 13.1 Å². The molecular weight excluding hydrogens is 222 g/mol. The average molecular weight is 230 g/mol. The van der Waals surface area contributed by atoms with E-state index in [-0.39, 0.29) is 11.4 Å². The predicted molar refractivity (Wildman–Crippen MR) is 48.0 cm³/mol. The van der Waals surface area contributed by atoms with Gasteiger partial charge >= 0.3 is 0 Å². The smallest absolute Gasteiger partial charge is 0.282 e. The molecule has 1 aromatic heterocycles. The molecule has 0 spiro atoms. The normalized spacial score (nSPS) is 18.0. The number of nitrogens with zero attached hydrogens (tertiary/aromatic N) is 2. The summed E-state index contributed by atoms with van der Waals surface area (Å²) in [6, 6.07) is 0. The van der Waals surface area contributed by atoms with Crippen molar-refractivity contribution < 1.29 is 18.4 Å². The number of primary amides is 1. The molecule has 1 saturated heterocycles. The van der Waals surface area contributed by atoms with E-state index in [1.54, 1.807) is 0 Å². The minimum Gasteiger partial charge on any atom is -0.364 e. The first-order valence-corrected chi connectivity index (χ1v) is 4.41. The van der Waals surface area contributed by atoms with Gasteiger partial charge in [-0.2, -0.15) is 0 Å². The van der Waals surface area contributed by atoms with Gasteiger partial charge in [0.15, 0.2) is 5.69 Å². The Balaban J connectivity index is 2.16. The average Bonchev–Trinajstić information content (AvgIpc) is 2.60. The predicted octanol–water partition coefficient (Wildman–Crippen LogP) is -0.400. The monoisotopic (exact) mass is 230 g/mol. The summed E-state index contributed by atoms with van der Waals surface area (Å²) in [5, 5.41) is 0. The van der Waals surface area contributed by atoms with E-state index in [4.69, 9.17) is 5.73 Å². The minimum atomic E-state index is -2.84. The number of carbonyl (C=O) groups excluding carboxylic acids is 2. The Labute approximate surface area is 88.4 Å². The maximum atomic E-state index is 12.5. The van der Waals surface area contributed by atoms with Gasteiger partial charge < -0.3 is 15.6 Å². The fourth-order valence-electron chi connectivity index (χ4n) is 1.46. The van der Waals surface area contributed by atoms with Crippen LogP contribution in [0, 0.1) is 0 Å². The fraction of sp³-hybridized carbons (Fsp3) is 0.375. The molecule has 1 aliphatic rings. The van der Waals surface area contributed by atoms with Crippen LogP contribution in [0.1, 0.15) is 21.0 Å². The van der Waals surface area contributed by atoms with Crippen LogP contribution in [0.25, 0.3) is 0 Å². The molecule has 86 valence electrons. The Morgan fingerprint density at radius 1 is 1.50 bits per heavy atom. The number of halogens is 2. The summed E-state index contributed by atoms with van der Waals surface area (Å²) in [5.74, 6) is -4.42. The maximum Gasteiger partial charge on any atom is 0.282 e. The highest BCUT2D eigenvalue weighted by atomic mass is 19.3. The second kappa shape index (κ2) is 3.26. The Kier molecular flexibility index (Phi) is 2.14. The van der Waals surface area contributed by atoms with Crippen molar-refractivity contribution in [3.05, 3.63) is 17.7 Å². The van der Waals surface area contributed by atoms with Gasteiger partial charge in [-0.3, -0.25) is 9.59 Å². The molecule has 1 fully saturated rings. The van der Waals surface area contributed by atoms with Gasteiger partial charge in [-0.15, -0.1) is 0 Å². The van der Waals surface area contributed by atoms with Crippen LogP contribution in [-0.4, -0.2) is 45.7 Å². The standard InChI is InChI=1S/C8H8F2N4O2/c9-8(10)1-14(2-8)7(16)5-4(6(11)15)12-3-13-5/h3H,1-2H2,(H2,11,15)(H,12,13). The summed E-state index contributed by atoms with van der Waals surface area (Å²) in [5.41, 5.74) is 4.58. The molecule has 2 rings (SSSR count). The van der Waals surface area contributed by atoms with Gasteiger partial charge in [0.25, 0.3) is 17.7 Å². The first-order chi connectivity index (χ1) is 7.41. The van der Waals surface area contributed by atoms with E-state index in [0.29, 0.717) is 0 Å². The molecule has 6 nitrogen and oxygen atoms in total. The quantitative estimate of drug-likeness (QED) is 0.724. The fourth-order valence-corrected chi connectivity index (χ4v) is 1.46. The van der Waals surface area contributed by atoms with E-state index in [9.17, 15) is 18.4 Å². The highest BCUT2D eigenvalue weighted by Gasteiger charge is 2.47. The van der Waals surface area contributed by atoms with Crippen molar-refractivity contribution in [1.82, 2.24) is 14.9 Å². The lowest BCUT2D eigenvalue weighted by atomic mass is 10.1. The van der Waals surface area contributed by atoms with Crippen LogP contribution in [0.4, 0.5) is 8.78 Å². The topological polar surface area (TPSA) is 92.1 Å². The summed E-state index contributed by atoms with van der Waals surface area (Å²) < 4.78 is 25.1.